The van der Waals surface area contributed by atoms with E-state index in [1.165, 1.54) is 36.4 Å². The molecule has 0 saturated carbocycles. The van der Waals surface area contributed by atoms with Crippen LogP contribution in [0.15, 0.2) is 53.4 Å². The first-order valence-corrected chi connectivity index (χ1v) is 9.81. The number of hydrogen-bond acceptors (Lipinski definition) is 3. The van der Waals surface area contributed by atoms with Crippen molar-refractivity contribution in [2.24, 2.45) is 5.92 Å². The first kappa shape index (κ1) is 20.1. The van der Waals surface area contributed by atoms with Gasteiger partial charge >= 0.3 is 0 Å². The van der Waals surface area contributed by atoms with E-state index in [0.717, 1.165) is 5.56 Å². The first-order valence-electron chi connectivity index (χ1n) is 8.33. The molecule has 0 bridgehead atoms. The molecule has 0 fully saturated rings. The average molecular weight is 378 g/mol. The zero-order valence-corrected chi connectivity index (χ0v) is 15.8. The predicted molar refractivity (Wildman–Crippen MR) is 99.8 cm³/mol. The highest BCUT2D eigenvalue weighted by atomic mass is 32.2. The molecular weight excluding hydrogens is 355 g/mol. The van der Waals surface area contributed by atoms with Gasteiger partial charge in [-0.05, 0) is 55.7 Å². The van der Waals surface area contributed by atoms with Gasteiger partial charge in [-0.3, -0.25) is 4.79 Å². The Kier molecular flexibility index (Phi) is 6.50. The third-order valence-corrected chi connectivity index (χ3v) is 5.25. The number of sulfonamides is 1. The average Bonchev–Trinajstić information content (AvgIpc) is 2.56. The molecule has 140 valence electrons. The van der Waals surface area contributed by atoms with Crippen LogP contribution in [0.25, 0.3) is 0 Å². The summed E-state index contributed by atoms with van der Waals surface area (Å²) in [6.07, 6.45) is 0.331. The molecule has 2 N–H and O–H groups in total. The number of benzene rings is 2. The third-order valence-electron chi connectivity index (χ3n) is 3.76. The summed E-state index contributed by atoms with van der Waals surface area (Å²) in [6.45, 7) is 5.66. The molecule has 7 heteroatoms. The second-order valence-corrected chi connectivity index (χ2v) is 8.33. The Hall–Kier alpha value is -2.25. The number of amides is 1. The molecule has 0 aliphatic heterocycles. The Morgan fingerprint density at radius 1 is 1.04 bits per heavy atom. The zero-order chi connectivity index (χ0) is 19.3. The predicted octanol–water partition coefficient (Wildman–Crippen LogP) is 3.47. The zero-order valence-electron chi connectivity index (χ0n) is 15.0. The van der Waals surface area contributed by atoms with Crippen molar-refractivity contribution in [1.82, 2.24) is 4.72 Å². The number of anilines is 1. The summed E-state index contributed by atoms with van der Waals surface area (Å²) in [7, 11) is -3.84. The summed E-state index contributed by atoms with van der Waals surface area (Å²) in [4.78, 5) is 12.7. The molecule has 0 radical (unpaired) electrons. The van der Waals surface area contributed by atoms with E-state index in [2.05, 4.69) is 10.0 Å². The highest BCUT2D eigenvalue weighted by Crippen LogP contribution is 2.15. The molecule has 2 aromatic rings. The summed E-state index contributed by atoms with van der Waals surface area (Å²) in [6, 6.07) is 10.8. The van der Waals surface area contributed by atoms with Crippen LogP contribution in [0.1, 0.15) is 25.8 Å². The molecule has 0 aliphatic carbocycles. The van der Waals surface area contributed by atoms with E-state index in [0.29, 0.717) is 12.1 Å². The molecule has 5 nitrogen and oxygen atoms in total. The Bertz CT molecular complexity index is 847. The van der Waals surface area contributed by atoms with Gasteiger partial charge in [0.2, 0.25) is 15.9 Å². The van der Waals surface area contributed by atoms with Crippen LogP contribution in [0.2, 0.25) is 0 Å². The molecule has 0 spiro atoms. The quantitative estimate of drug-likeness (QED) is 0.775. The van der Waals surface area contributed by atoms with Gasteiger partial charge in [0.25, 0.3) is 0 Å². The second-order valence-electron chi connectivity index (χ2n) is 6.61. The maximum atomic E-state index is 13.0. The SMILES string of the molecule is Cc1ccc(S(=O)(=O)NC(CC(C)C)C(=O)Nc2ccc(F)cc2)cc1. The van der Waals surface area contributed by atoms with Crippen molar-refractivity contribution in [3.63, 3.8) is 0 Å². The van der Waals surface area contributed by atoms with E-state index in [9.17, 15) is 17.6 Å². The second kappa shape index (κ2) is 8.42. The lowest BCUT2D eigenvalue weighted by molar-refractivity contribution is -0.118. The van der Waals surface area contributed by atoms with Gasteiger partial charge in [0.05, 0.1) is 4.90 Å². The molecular formula is C19H23FN2O3S. The molecule has 0 heterocycles. The molecule has 26 heavy (non-hydrogen) atoms. The number of carbonyl (C=O) groups excluding carboxylic acids is 1. The lowest BCUT2D eigenvalue weighted by atomic mass is 10.0. The molecule has 0 aliphatic rings. The minimum absolute atomic E-state index is 0.0969. The fourth-order valence-electron chi connectivity index (χ4n) is 2.42. The summed E-state index contributed by atoms with van der Waals surface area (Å²) in [5.41, 5.74) is 1.34. The smallest absolute Gasteiger partial charge is 0.242 e. The summed E-state index contributed by atoms with van der Waals surface area (Å²) >= 11 is 0. The monoisotopic (exact) mass is 378 g/mol. The largest absolute Gasteiger partial charge is 0.325 e. The molecule has 1 atom stereocenters. The summed E-state index contributed by atoms with van der Waals surface area (Å²) in [5.74, 6) is -0.803. The third kappa shape index (κ3) is 5.64. The van der Waals surface area contributed by atoms with Crippen LogP contribution in [0, 0.1) is 18.7 Å². The van der Waals surface area contributed by atoms with Gasteiger partial charge in [-0.1, -0.05) is 31.5 Å². The number of aryl methyl sites for hydroxylation is 1. The van der Waals surface area contributed by atoms with Gasteiger partial charge in [0.1, 0.15) is 11.9 Å². The van der Waals surface area contributed by atoms with Crippen molar-refractivity contribution >= 4 is 21.6 Å². The molecule has 0 aromatic heterocycles. The molecule has 2 rings (SSSR count). The Balaban J connectivity index is 2.19. The van der Waals surface area contributed by atoms with E-state index in [1.807, 2.05) is 20.8 Å². The van der Waals surface area contributed by atoms with Crippen molar-refractivity contribution in [2.75, 3.05) is 5.32 Å². The van der Waals surface area contributed by atoms with Crippen LogP contribution in [0.4, 0.5) is 10.1 Å². The normalized spacial score (nSPS) is 12.8. The van der Waals surface area contributed by atoms with Gasteiger partial charge in [0.15, 0.2) is 0 Å². The van der Waals surface area contributed by atoms with Crippen LogP contribution in [0.3, 0.4) is 0 Å². The van der Waals surface area contributed by atoms with E-state index in [4.69, 9.17) is 0 Å². The number of rotatable bonds is 7. The van der Waals surface area contributed by atoms with Crippen molar-refractivity contribution in [3.8, 4) is 0 Å². The van der Waals surface area contributed by atoms with Crippen molar-refractivity contribution in [1.29, 1.82) is 0 Å². The van der Waals surface area contributed by atoms with Gasteiger partial charge in [-0.15, -0.1) is 0 Å². The van der Waals surface area contributed by atoms with E-state index < -0.39 is 27.8 Å². The van der Waals surface area contributed by atoms with Gasteiger partial charge in [-0.2, -0.15) is 4.72 Å². The van der Waals surface area contributed by atoms with Crippen LogP contribution in [-0.4, -0.2) is 20.4 Å². The highest BCUT2D eigenvalue weighted by molar-refractivity contribution is 7.89. The topological polar surface area (TPSA) is 75.3 Å². The molecule has 2 aromatic carbocycles. The fourth-order valence-corrected chi connectivity index (χ4v) is 3.62. The first-order chi connectivity index (χ1) is 12.2. The van der Waals surface area contributed by atoms with Crippen molar-refractivity contribution in [3.05, 3.63) is 59.9 Å². The van der Waals surface area contributed by atoms with Crippen LogP contribution in [-0.2, 0) is 14.8 Å². The van der Waals surface area contributed by atoms with Gasteiger partial charge in [0, 0.05) is 5.69 Å². The van der Waals surface area contributed by atoms with Crippen LogP contribution < -0.4 is 10.0 Å². The van der Waals surface area contributed by atoms with Gasteiger partial charge in [-0.25, -0.2) is 12.8 Å². The molecule has 1 amide bonds. The molecule has 0 saturated heterocycles. The van der Waals surface area contributed by atoms with Crippen molar-refractivity contribution < 1.29 is 17.6 Å². The van der Waals surface area contributed by atoms with Crippen LogP contribution >= 0.6 is 0 Å². The van der Waals surface area contributed by atoms with E-state index >= 15 is 0 Å². The number of halogens is 1. The van der Waals surface area contributed by atoms with Gasteiger partial charge < -0.3 is 5.32 Å². The maximum absolute atomic E-state index is 13.0. The lowest BCUT2D eigenvalue weighted by Crippen LogP contribution is -2.44. The van der Waals surface area contributed by atoms with Crippen molar-refractivity contribution in [2.45, 2.75) is 38.1 Å². The fraction of sp³-hybridized carbons (Fsp3) is 0.316. The Labute approximate surface area is 153 Å². The molecule has 1 unspecified atom stereocenters. The Morgan fingerprint density at radius 3 is 2.15 bits per heavy atom. The maximum Gasteiger partial charge on any atom is 0.242 e. The lowest BCUT2D eigenvalue weighted by Gasteiger charge is -2.20. The Morgan fingerprint density at radius 2 is 1.62 bits per heavy atom. The number of carbonyl (C=O) groups is 1. The minimum atomic E-state index is -3.84. The van der Waals surface area contributed by atoms with E-state index in [-0.39, 0.29) is 10.8 Å². The van der Waals surface area contributed by atoms with E-state index in [1.54, 1.807) is 12.1 Å². The highest BCUT2D eigenvalue weighted by Gasteiger charge is 2.26. The number of nitrogens with one attached hydrogen (secondary N) is 2. The summed E-state index contributed by atoms with van der Waals surface area (Å²) < 4.78 is 40.7. The summed E-state index contributed by atoms with van der Waals surface area (Å²) in [5, 5.41) is 2.63. The minimum Gasteiger partial charge on any atom is -0.325 e. The van der Waals surface area contributed by atoms with Crippen LogP contribution in [0.5, 0.6) is 0 Å². The standard InChI is InChI=1S/C19H23FN2O3S/c1-13(2)12-18(19(23)21-16-8-6-15(20)7-9-16)22-26(24,25)17-10-4-14(3)5-11-17/h4-11,13,18,22H,12H2,1-3H3,(H,21,23). The number of hydrogen-bond donors (Lipinski definition) is 2.